The van der Waals surface area contributed by atoms with E-state index in [0.29, 0.717) is 24.5 Å². The summed E-state index contributed by atoms with van der Waals surface area (Å²) in [6.45, 7) is 1.38. The van der Waals surface area contributed by atoms with Gasteiger partial charge in [0.15, 0.2) is 0 Å². The first-order valence-electron chi connectivity index (χ1n) is 6.82. The zero-order valence-corrected chi connectivity index (χ0v) is 12.0. The standard InChI is InChI=1S/C15H21NO4/c1-18-12-6-5-11(14(9-12)19-2)8-15(17)16-10-13-4-3-7-20-13/h5-6,9,13H,3-4,7-8,10H2,1-2H3,(H,16,17). The Labute approximate surface area is 119 Å². The van der Waals surface area contributed by atoms with Crippen LogP contribution < -0.4 is 14.8 Å². The van der Waals surface area contributed by atoms with Crippen molar-refractivity contribution in [2.75, 3.05) is 27.4 Å². The number of carbonyl (C=O) groups excluding carboxylic acids is 1. The fourth-order valence-corrected chi connectivity index (χ4v) is 2.27. The lowest BCUT2D eigenvalue weighted by molar-refractivity contribution is -0.120. The molecule has 1 aliphatic rings. The fourth-order valence-electron chi connectivity index (χ4n) is 2.27. The molecule has 5 nitrogen and oxygen atoms in total. The summed E-state index contributed by atoms with van der Waals surface area (Å²) in [4.78, 5) is 11.9. The van der Waals surface area contributed by atoms with Gasteiger partial charge in [0.25, 0.3) is 0 Å². The smallest absolute Gasteiger partial charge is 0.224 e. The highest BCUT2D eigenvalue weighted by Crippen LogP contribution is 2.24. The number of hydrogen-bond donors (Lipinski definition) is 1. The van der Waals surface area contributed by atoms with E-state index >= 15 is 0 Å². The summed E-state index contributed by atoms with van der Waals surface area (Å²) in [7, 11) is 3.19. The average Bonchev–Trinajstić information content (AvgIpc) is 2.99. The van der Waals surface area contributed by atoms with Gasteiger partial charge in [0, 0.05) is 24.8 Å². The summed E-state index contributed by atoms with van der Waals surface area (Å²) in [5.74, 6) is 1.35. The van der Waals surface area contributed by atoms with Crippen molar-refractivity contribution in [3.63, 3.8) is 0 Å². The van der Waals surface area contributed by atoms with Crippen LogP contribution in [0.3, 0.4) is 0 Å². The lowest BCUT2D eigenvalue weighted by Gasteiger charge is -2.12. The summed E-state index contributed by atoms with van der Waals surface area (Å²) < 4.78 is 15.9. The van der Waals surface area contributed by atoms with Gasteiger partial charge in [0.2, 0.25) is 5.91 Å². The average molecular weight is 279 g/mol. The highest BCUT2D eigenvalue weighted by atomic mass is 16.5. The molecule has 0 saturated carbocycles. The highest BCUT2D eigenvalue weighted by Gasteiger charge is 2.17. The van der Waals surface area contributed by atoms with Crippen molar-refractivity contribution in [1.29, 1.82) is 0 Å². The molecule has 1 N–H and O–H groups in total. The molecule has 0 radical (unpaired) electrons. The maximum Gasteiger partial charge on any atom is 0.224 e. The van der Waals surface area contributed by atoms with Crippen LogP contribution in [0.25, 0.3) is 0 Å². The minimum atomic E-state index is -0.0241. The summed E-state index contributed by atoms with van der Waals surface area (Å²) in [5, 5.41) is 2.90. The van der Waals surface area contributed by atoms with Gasteiger partial charge in [0.05, 0.1) is 26.7 Å². The third kappa shape index (κ3) is 3.87. The molecule has 1 saturated heterocycles. The number of amides is 1. The van der Waals surface area contributed by atoms with Gasteiger partial charge in [-0.25, -0.2) is 0 Å². The molecule has 1 fully saturated rings. The van der Waals surface area contributed by atoms with Gasteiger partial charge in [-0.3, -0.25) is 4.79 Å². The number of nitrogens with one attached hydrogen (secondary N) is 1. The molecule has 0 aliphatic carbocycles. The molecule has 0 bridgehead atoms. The molecular formula is C15H21NO4. The largest absolute Gasteiger partial charge is 0.497 e. The van der Waals surface area contributed by atoms with Crippen LogP contribution in [-0.2, 0) is 16.0 Å². The Kier molecular flexibility index (Phi) is 5.24. The van der Waals surface area contributed by atoms with E-state index in [0.717, 1.165) is 25.0 Å². The molecular weight excluding hydrogens is 258 g/mol. The number of methoxy groups -OCH3 is 2. The van der Waals surface area contributed by atoms with E-state index in [-0.39, 0.29) is 12.0 Å². The quantitative estimate of drug-likeness (QED) is 0.858. The molecule has 1 atom stereocenters. The van der Waals surface area contributed by atoms with E-state index in [1.54, 1.807) is 20.3 Å². The number of hydrogen-bond acceptors (Lipinski definition) is 4. The minimum absolute atomic E-state index is 0.0241. The molecule has 20 heavy (non-hydrogen) atoms. The second-order valence-corrected chi connectivity index (χ2v) is 4.79. The van der Waals surface area contributed by atoms with Gasteiger partial charge < -0.3 is 19.5 Å². The first-order valence-corrected chi connectivity index (χ1v) is 6.82. The van der Waals surface area contributed by atoms with E-state index in [4.69, 9.17) is 14.2 Å². The zero-order chi connectivity index (χ0) is 14.4. The Balaban J connectivity index is 1.89. The summed E-state index contributed by atoms with van der Waals surface area (Å²) in [6.07, 6.45) is 2.55. The van der Waals surface area contributed by atoms with E-state index in [1.807, 2.05) is 12.1 Å². The minimum Gasteiger partial charge on any atom is -0.497 e. The van der Waals surface area contributed by atoms with Crippen LogP contribution in [-0.4, -0.2) is 39.4 Å². The number of carbonyl (C=O) groups is 1. The van der Waals surface area contributed by atoms with Crippen LogP contribution in [0, 0.1) is 0 Å². The Morgan fingerprint density at radius 1 is 1.40 bits per heavy atom. The third-order valence-electron chi connectivity index (χ3n) is 3.40. The van der Waals surface area contributed by atoms with Crippen molar-refractivity contribution in [3.05, 3.63) is 23.8 Å². The molecule has 1 unspecified atom stereocenters. The number of rotatable bonds is 6. The number of ether oxygens (including phenoxy) is 3. The molecule has 1 amide bonds. The van der Waals surface area contributed by atoms with Crippen LogP contribution in [0.2, 0.25) is 0 Å². The zero-order valence-electron chi connectivity index (χ0n) is 12.0. The van der Waals surface area contributed by atoms with Gasteiger partial charge in [-0.1, -0.05) is 6.07 Å². The summed E-state index contributed by atoms with van der Waals surface area (Å²) in [5.41, 5.74) is 0.846. The topological polar surface area (TPSA) is 56.8 Å². The molecule has 1 heterocycles. The molecule has 0 spiro atoms. The molecule has 110 valence electrons. The highest BCUT2D eigenvalue weighted by molar-refractivity contribution is 5.79. The van der Waals surface area contributed by atoms with Crippen molar-refractivity contribution in [2.24, 2.45) is 0 Å². The van der Waals surface area contributed by atoms with E-state index in [2.05, 4.69) is 5.32 Å². The van der Waals surface area contributed by atoms with Gasteiger partial charge in [-0.05, 0) is 18.9 Å². The van der Waals surface area contributed by atoms with Crippen molar-refractivity contribution in [1.82, 2.24) is 5.32 Å². The van der Waals surface area contributed by atoms with E-state index < -0.39 is 0 Å². The van der Waals surface area contributed by atoms with Gasteiger partial charge in [-0.2, -0.15) is 0 Å². The van der Waals surface area contributed by atoms with Crippen LogP contribution in [0.1, 0.15) is 18.4 Å². The van der Waals surface area contributed by atoms with Crippen LogP contribution in [0.5, 0.6) is 11.5 Å². The van der Waals surface area contributed by atoms with Crippen molar-refractivity contribution >= 4 is 5.91 Å². The van der Waals surface area contributed by atoms with Gasteiger partial charge >= 0.3 is 0 Å². The Morgan fingerprint density at radius 2 is 2.25 bits per heavy atom. The second-order valence-electron chi connectivity index (χ2n) is 4.79. The fraction of sp³-hybridized carbons (Fsp3) is 0.533. The summed E-state index contributed by atoms with van der Waals surface area (Å²) >= 11 is 0. The lowest BCUT2D eigenvalue weighted by atomic mass is 10.1. The second kappa shape index (κ2) is 7.14. The normalized spacial score (nSPS) is 17.8. The molecule has 1 aliphatic heterocycles. The molecule has 5 heteroatoms. The van der Waals surface area contributed by atoms with Crippen LogP contribution in [0.4, 0.5) is 0 Å². The maximum absolute atomic E-state index is 11.9. The molecule has 2 rings (SSSR count). The summed E-state index contributed by atoms with van der Waals surface area (Å²) in [6, 6.07) is 5.46. The maximum atomic E-state index is 11.9. The van der Waals surface area contributed by atoms with Gasteiger partial charge in [-0.15, -0.1) is 0 Å². The Bertz CT molecular complexity index is 455. The Hall–Kier alpha value is -1.75. The first-order chi connectivity index (χ1) is 9.72. The van der Waals surface area contributed by atoms with Crippen LogP contribution in [0.15, 0.2) is 18.2 Å². The van der Waals surface area contributed by atoms with E-state index in [1.165, 1.54) is 0 Å². The Morgan fingerprint density at radius 3 is 2.90 bits per heavy atom. The monoisotopic (exact) mass is 279 g/mol. The molecule has 1 aromatic rings. The van der Waals surface area contributed by atoms with Crippen molar-refractivity contribution < 1.29 is 19.0 Å². The van der Waals surface area contributed by atoms with Crippen molar-refractivity contribution in [2.45, 2.75) is 25.4 Å². The van der Waals surface area contributed by atoms with E-state index in [9.17, 15) is 4.79 Å². The predicted octanol–water partition coefficient (Wildman–Crippen LogP) is 1.54. The first kappa shape index (κ1) is 14.7. The SMILES string of the molecule is COc1ccc(CC(=O)NCC2CCCO2)c(OC)c1. The third-order valence-corrected chi connectivity index (χ3v) is 3.40. The van der Waals surface area contributed by atoms with Crippen LogP contribution >= 0.6 is 0 Å². The van der Waals surface area contributed by atoms with Gasteiger partial charge in [0.1, 0.15) is 11.5 Å². The number of benzene rings is 1. The predicted molar refractivity (Wildman–Crippen MR) is 75.2 cm³/mol. The molecule has 0 aromatic heterocycles. The lowest BCUT2D eigenvalue weighted by Crippen LogP contribution is -2.32. The van der Waals surface area contributed by atoms with Crippen molar-refractivity contribution in [3.8, 4) is 11.5 Å². The molecule has 1 aromatic carbocycles.